The molecule has 0 aliphatic carbocycles. The average molecular weight is 305 g/mol. The predicted octanol–water partition coefficient (Wildman–Crippen LogP) is 2.17. The van der Waals surface area contributed by atoms with Gasteiger partial charge in [-0.25, -0.2) is 4.98 Å². The maximum Gasteiger partial charge on any atom is 0.248 e. The van der Waals surface area contributed by atoms with Crippen LogP contribution in [0.5, 0.6) is 0 Å². The third-order valence-corrected chi connectivity index (χ3v) is 4.10. The van der Waals surface area contributed by atoms with E-state index in [1.807, 2.05) is 19.1 Å². The second kappa shape index (κ2) is 5.69. The van der Waals surface area contributed by atoms with Gasteiger partial charge in [0.1, 0.15) is 17.6 Å². The predicted molar refractivity (Wildman–Crippen MR) is 77.8 cm³/mol. The van der Waals surface area contributed by atoms with E-state index in [1.54, 1.807) is 16.5 Å². The molecule has 21 heavy (non-hydrogen) atoms. The fourth-order valence-electron chi connectivity index (χ4n) is 2.42. The molecule has 2 aromatic heterocycles. The van der Waals surface area contributed by atoms with Crippen LogP contribution in [0.25, 0.3) is 0 Å². The molecule has 3 rings (SSSR count). The van der Waals surface area contributed by atoms with Crippen LogP contribution in [-0.4, -0.2) is 27.7 Å². The number of amides is 2. The number of aromatic nitrogens is 1. The Morgan fingerprint density at radius 3 is 3.10 bits per heavy atom. The fraction of sp³-hybridized carbons (Fsp3) is 0.357. The van der Waals surface area contributed by atoms with Crippen LogP contribution in [0.3, 0.4) is 0 Å². The molecule has 6 nitrogen and oxygen atoms in total. The van der Waals surface area contributed by atoms with Crippen molar-refractivity contribution in [3.05, 3.63) is 35.2 Å². The van der Waals surface area contributed by atoms with Crippen LogP contribution in [0.2, 0.25) is 0 Å². The Labute approximate surface area is 125 Å². The number of furan rings is 1. The van der Waals surface area contributed by atoms with Crippen LogP contribution in [-0.2, 0) is 16.1 Å². The topological polar surface area (TPSA) is 75.4 Å². The molecular weight excluding hydrogens is 290 g/mol. The highest BCUT2D eigenvalue weighted by Crippen LogP contribution is 2.24. The van der Waals surface area contributed by atoms with Crippen LogP contribution in [0.15, 0.2) is 28.1 Å². The molecule has 1 saturated heterocycles. The Morgan fingerprint density at radius 1 is 1.57 bits per heavy atom. The molecule has 2 aromatic rings. The molecular formula is C14H15N3O3S. The monoisotopic (exact) mass is 305 g/mol. The van der Waals surface area contributed by atoms with Gasteiger partial charge >= 0.3 is 0 Å². The summed E-state index contributed by atoms with van der Waals surface area (Å²) in [5, 5.41) is 5.09. The van der Waals surface area contributed by atoms with Crippen molar-refractivity contribution in [3.63, 3.8) is 0 Å². The molecule has 0 aromatic carbocycles. The molecule has 1 aliphatic rings. The van der Waals surface area contributed by atoms with Gasteiger partial charge in [-0.05, 0) is 25.5 Å². The number of hydrogen-bond acceptors (Lipinski definition) is 5. The first kappa shape index (κ1) is 13.8. The highest BCUT2D eigenvalue weighted by atomic mass is 32.1. The lowest BCUT2D eigenvalue weighted by atomic mass is 10.2. The molecule has 3 heterocycles. The lowest BCUT2D eigenvalue weighted by Crippen LogP contribution is -2.41. The van der Waals surface area contributed by atoms with Gasteiger partial charge in [0, 0.05) is 18.0 Å². The van der Waals surface area contributed by atoms with Crippen LogP contribution in [0.4, 0.5) is 5.13 Å². The summed E-state index contributed by atoms with van der Waals surface area (Å²) in [4.78, 5) is 29.9. The standard InChI is InChI=1S/C14H15N3O3S/c1-9-2-3-10(20-9)8-17-11(4-5-12(17)18)13(19)16-14-15-6-7-21-14/h2-3,6-7,11H,4-5,8H2,1H3,(H,15,16,19)/t11-/m1/s1. The third-order valence-electron chi connectivity index (χ3n) is 3.42. The largest absolute Gasteiger partial charge is 0.464 e. The molecule has 7 heteroatoms. The number of anilines is 1. The minimum Gasteiger partial charge on any atom is -0.464 e. The third kappa shape index (κ3) is 2.97. The number of carbonyl (C=O) groups is 2. The Hall–Kier alpha value is -2.15. The number of nitrogens with one attached hydrogen (secondary N) is 1. The van der Waals surface area contributed by atoms with Crippen LogP contribution in [0.1, 0.15) is 24.4 Å². The fourth-order valence-corrected chi connectivity index (χ4v) is 2.95. The Bertz CT molecular complexity index is 650. The van der Waals surface area contributed by atoms with Crippen LogP contribution < -0.4 is 5.32 Å². The van der Waals surface area contributed by atoms with Gasteiger partial charge in [0.25, 0.3) is 0 Å². The number of likely N-dealkylation sites (tertiary alicyclic amines) is 1. The van der Waals surface area contributed by atoms with E-state index >= 15 is 0 Å². The van der Waals surface area contributed by atoms with E-state index in [-0.39, 0.29) is 11.8 Å². The molecule has 0 bridgehead atoms. The number of aryl methyl sites for hydroxylation is 1. The molecule has 1 aliphatic heterocycles. The maximum atomic E-state index is 12.3. The highest BCUT2D eigenvalue weighted by Gasteiger charge is 2.36. The van der Waals surface area contributed by atoms with Crippen molar-refractivity contribution in [2.45, 2.75) is 32.4 Å². The van der Waals surface area contributed by atoms with Crippen molar-refractivity contribution in [1.82, 2.24) is 9.88 Å². The lowest BCUT2D eigenvalue weighted by Gasteiger charge is -2.22. The Kier molecular flexibility index (Phi) is 3.74. The Balaban J connectivity index is 1.71. The summed E-state index contributed by atoms with van der Waals surface area (Å²) >= 11 is 1.35. The van der Waals surface area contributed by atoms with E-state index in [2.05, 4.69) is 10.3 Å². The summed E-state index contributed by atoms with van der Waals surface area (Å²) in [7, 11) is 0. The molecule has 0 unspecified atom stereocenters. The summed E-state index contributed by atoms with van der Waals surface area (Å²) in [6, 6.07) is 3.21. The van der Waals surface area contributed by atoms with Crippen molar-refractivity contribution in [2.75, 3.05) is 5.32 Å². The van der Waals surface area contributed by atoms with Gasteiger partial charge in [0.15, 0.2) is 5.13 Å². The van der Waals surface area contributed by atoms with Crippen molar-refractivity contribution >= 4 is 28.3 Å². The quantitative estimate of drug-likeness (QED) is 0.939. The zero-order chi connectivity index (χ0) is 14.8. The summed E-state index contributed by atoms with van der Waals surface area (Å²) in [5.41, 5.74) is 0. The first-order valence-electron chi connectivity index (χ1n) is 6.68. The maximum absolute atomic E-state index is 12.3. The van der Waals surface area contributed by atoms with Crippen molar-refractivity contribution in [3.8, 4) is 0 Å². The molecule has 110 valence electrons. The Morgan fingerprint density at radius 2 is 2.43 bits per heavy atom. The molecule has 0 spiro atoms. The van der Waals surface area contributed by atoms with Crippen molar-refractivity contribution < 1.29 is 14.0 Å². The lowest BCUT2D eigenvalue weighted by molar-refractivity contribution is -0.134. The molecule has 1 atom stereocenters. The number of carbonyl (C=O) groups excluding carboxylic acids is 2. The van der Waals surface area contributed by atoms with Gasteiger partial charge in [-0.1, -0.05) is 0 Å². The van der Waals surface area contributed by atoms with Gasteiger partial charge in [-0.2, -0.15) is 0 Å². The van der Waals surface area contributed by atoms with E-state index in [0.29, 0.717) is 30.3 Å². The molecule has 0 saturated carbocycles. The number of nitrogens with zero attached hydrogens (tertiary/aromatic N) is 2. The smallest absolute Gasteiger partial charge is 0.248 e. The number of rotatable bonds is 4. The van der Waals surface area contributed by atoms with Crippen molar-refractivity contribution in [1.29, 1.82) is 0 Å². The van der Waals surface area contributed by atoms with Crippen LogP contribution in [0, 0.1) is 6.92 Å². The van der Waals surface area contributed by atoms with Gasteiger partial charge in [-0.3, -0.25) is 9.59 Å². The second-order valence-electron chi connectivity index (χ2n) is 4.91. The second-order valence-corrected chi connectivity index (χ2v) is 5.81. The van der Waals surface area contributed by atoms with E-state index in [1.165, 1.54) is 11.3 Å². The summed E-state index contributed by atoms with van der Waals surface area (Å²) in [6.07, 6.45) is 2.54. The first-order chi connectivity index (χ1) is 10.1. The zero-order valence-corrected chi connectivity index (χ0v) is 12.4. The number of hydrogen-bond donors (Lipinski definition) is 1. The van der Waals surface area contributed by atoms with Gasteiger partial charge in [0.2, 0.25) is 11.8 Å². The number of thiazole rings is 1. The van der Waals surface area contributed by atoms with E-state index in [4.69, 9.17) is 4.42 Å². The summed E-state index contributed by atoms with van der Waals surface area (Å²) in [5.74, 6) is 1.26. The average Bonchev–Trinajstić information content (AvgIpc) is 3.15. The highest BCUT2D eigenvalue weighted by molar-refractivity contribution is 7.13. The van der Waals surface area contributed by atoms with Gasteiger partial charge in [0.05, 0.1) is 6.54 Å². The SMILES string of the molecule is Cc1ccc(CN2C(=O)CC[C@@H]2C(=O)Nc2nccs2)o1. The summed E-state index contributed by atoms with van der Waals surface area (Å²) in [6.45, 7) is 2.17. The van der Waals surface area contributed by atoms with Gasteiger partial charge in [-0.15, -0.1) is 11.3 Å². The van der Waals surface area contributed by atoms with Crippen molar-refractivity contribution in [2.24, 2.45) is 0 Å². The van der Waals surface area contributed by atoms with E-state index in [0.717, 1.165) is 5.76 Å². The molecule has 2 amide bonds. The minimum atomic E-state index is -0.466. The molecule has 1 N–H and O–H groups in total. The van der Waals surface area contributed by atoms with Gasteiger partial charge < -0.3 is 14.6 Å². The van der Waals surface area contributed by atoms with E-state index < -0.39 is 6.04 Å². The summed E-state index contributed by atoms with van der Waals surface area (Å²) < 4.78 is 5.49. The normalized spacial score (nSPS) is 18.2. The zero-order valence-electron chi connectivity index (χ0n) is 11.5. The van der Waals surface area contributed by atoms with E-state index in [9.17, 15) is 9.59 Å². The van der Waals surface area contributed by atoms with Crippen LogP contribution >= 0.6 is 11.3 Å². The first-order valence-corrected chi connectivity index (χ1v) is 7.56. The minimum absolute atomic E-state index is 0.0247. The molecule has 0 radical (unpaired) electrons. The molecule has 1 fully saturated rings.